The third-order valence-electron chi connectivity index (χ3n) is 2.78. The van der Waals surface area contributed by atoms with Crippen molar-refractivity contribution in [1.82, 2.24) is 5.32 Å². The number of carbonyl (C=O) groups is 3. The van der Waals surface area contributed by atoms with E-state index in [0.717, 1.165) is 5.56 Å². The molecule has 0 aliphatic carbocycles. The topological polar surface area (TPSA) is 89.3 Å². The van der Waals surface area contributed by atoms with Crippen molar-refractivity contribution in [2.45, 2.75) is 25.4 Å². The average Bonchev–Trinajstić information content (AvgIpc) is 2.46. The molecule has 0 radical (unpaired) electrons. The van der Waals surface area contributed by atoms with Gasteiger partial charge in [0.05, 0.1) is 12.1 Å². The number of amides is 1. The lowest BCUT2D eigenvalue weighted by Crippen LogP contribution is -2.49. The maximum atomic E-state index is 12.1. The maximum Gasteiger partial charge on any atom is 0.237 e. The molecule has 0 bridgehead atoms. The van der Waals surface area contributed by atoms with Crippen LogP contribution in [0.3, 0.4) is 0 Å². The molecule has 5 nitrogen and oxygen atoms in total. The summed E-state index contributed by atoms with van der Waals surface area (Å²) in [4.78, 5) is 34.0. The van der Waals surface area contributed by atoms with Gasteiger partial charge in [-0.15, -0.1) is 0 Å². The second kappa shape index (κ2) is 7.49. The summed E-state index contributed by atoms with van der Waals surface area (Å²) in [5, 5.41) is 2.31. The molecule has 0 saturated heterocycles. The van der Waals surface area contributed by atoms with E-state index in [4.69, 9.17) is 5.73 Å². The molecule has 0 saturated carbocycles. The Hall–Kier alpha value is -2.08. The van der Waals surface area contributed by atoms with E-state index in [2.05, 4.69) is 5.32 Å². The molecule has 0 aliphatic rings. The summed E-state index contributed by atoms with van der Waals surface area (Å²) in [6.07, 6.45) is 0.310. The Morgan fingerprint density at radius 1 is 1.25 bits per heavy atom. The first kappa shape index (κ1) is 16.0. The van der Waals surface area contributed by atoms with Gasteiger partial charge in [0.2, 0.25) is 17.5 Å². The number of rotatable bonds is 7. The minimum absolute atomic E-state index is 0.310. The van der Waals surface area contributed by atoms with Crippen LogP contribution >= 0.6 is 0 Å². The van der Waals surface area contributed by atoms with Gasteiger partial charge in [-0.3, -0.25) is 14.4 Å². The van der Waals surface area contributed by atoms with Gasteiger partial charge >= 0.3 is 0 Å². The fourth-order valence-corrected chi connectivity index (χ4v) is 1.65. The number of nitrogens with two attached hydrogens (primary N) is 1. The molecule has 0 heterocycles. The first-order valence-electron chi connectivity index (χ1n) is 6.18. The minimum atomic E-state index is -1.37. The molecule has 2 atom stereocenters. The molecule has 0 aromatic heterocycles. The molecular weight excluding hydrogens is 263 g/mol. The van der Waals surface area contributed by atoms with Crippen LogP contribution in [0.2, 0.25) is 0 Å². The fraction of sp³-hybridized carbons (Fsp3) is 0.357. The van der Waals surface area contributed by atoms with Crippen LogP contribution in [0.15, 0.2) is 30.3 Å². The zero-order valence-corrected chi connectivity index (χ0v) is 11.1. The first-order chi connectivity index (χ1) is 9.45. The molecule has 1 aromatic rings. The number of benzene rings is 1. The van der Waals surface area contributed by atoms with Crippen LogP contribution in [0.1, 0.15) is 12.5 Å². The highest BCUT2D eigenvalue weighted by Crippen LogP contribution is 2.02. The second-order valence-electron chi connectivity index (χ2n) is 4.45. The van der Waals surface area contributed by atoms with E-state index >= 15 is 0 Å². The van der Waals surface area contributed by atoms with Crippen molar-refractivity contribution in [2.75, 3.05) is 6.67 Å². The van der Waals surface area contributed by atoms with Gasteiger partial charge in [0.25, 0.3) is 0 Å². The van der Waals surface area contributed by atoms with Crippen LogP contribution < -0.4 is 11.1 Å². The summed E-state index contributed by atoms with van der Waals surface area (Å²) in [7, 11) is 0. The number of halogens is 1. The number of nitrogens with one attached hydrogen (secondary N) is 1. The highest BCUT2D eigenvalue weighted by Gasteiger charge is 2.24. The van der Waals surface area contributed by atoms with Crippen molar-refractivity contribution in [3.63, 3.8) is 0 Å². The molecule has 0 aliphatic heterocycles. The Balaban J connectivity index is 2.53. The van der Waals surface area contributed by atoms with E-state index in [1.54, 1.807) is 0 Å². The largest absolute Gasteiger partial charge is 0.345 e. The van der Waals surface area contributed by atoms with Crippen molar-refractivity contribution in [1.29, 1.82) is 0 Å². The average molecular weight is 280 g/mol. The van der Waals surface area contributed by atoms with Crippen molar-refractivity contribution in [2.24, 2.45) is 5.73 Å². The van der Waals surface area contributed by atoms with Gasteiger partial charge in [-0.05, 0) is 18.9 Å². The summed E-state index contributed by atoms with van der Waals surface area (Å²) in [6.45, 7) is -0.0435. The smallest absolute Gasteiger partial charge is 0.237 e. The maximum absolute atomic E-state index is 12.1. The summed E-state index contributed by atoms with van der Waals surface area (Å²) < 4.78 is 12.1. The molecular formula is C14H17FN2O3. The standard InChI is InChI=1S/C14H17FN2O3/c1-9(13(19)12(18)8-15)17-14(20)11(16)7-10-5-3-2-4-6-10/h2-6,9,11H,7-8,16H2,1H3,(H,17,20)/t9-,11-/m0/s1. The normalized spacial score (nSPS) is 13.3. The SMILES string of the molecule is C[C@H](NC(=O)[C@@H](N)Cc1ccccc1)C(=O)C(=O)CF. The predicted molar refractivity (Wildman–Crippen MR) is 71.7 cm³/mol. The third kappa shape index (κ3) is 4.55. The summed E-state index contributed by atoms with van der Waals surface area (Å²) >= 11 is 0. The summed E-state index contributed by atoms with van der Waals surface area (Å²) in [6, 6.07) is 7.24. The zero-order chi connectivity index (χ0) is 15.1. The zero-order valence-electron chi connectivity index (χ0n) is 11.1. The van der Waals surface area contributed by atoms with Crippen LogP contribution in [-0.2, 0) is 20.8 Å². The van der Waals surface area contributed by atoms with Crippen LogP contribution in [0, 0.1) is 0 Å². The minimum Gasteiger partial charge on any atom is -0.345 e. The molecule has 3 N–H and O–H groups in total. The monoisotopic (exact) mass is 280 g/mol. The Labute approximate surface area is 116 Å². The number of hydrogen-bond acceptors (Lipinski definition) is 4. The van der Waals surface area contributed by atoms with Gasteiger partial charge in [-0.25, -0.2) is 4.39 Å². The van der Waals surface area contributed by atoms with Crippen molar-refractivity contribution in [3.8, 4) is 0 Å². The Morgan fingerprint density at radius 2 is 1.85 bits per heavy atom. The second-order valence-corrected chi connectivity index (χ2v) is 4.45. The molecule has 20 heavy (non-hydrogen) atoms. The van der Waals surface area contributed by atoms with Crippen LogP contribution in [-0.4, -0.2) is 36.2 Å². The van der Waals surface area contributed by atoms with Gasteiger partial charge in [0.15, 0.2) is 6.67 Å². The van der Waals surface area contributed by atoms with E-state index in [1.165, 1.54) is 6.92 Å². The highest BCUT2D eigenvalue weighted by molar-refractivity contribution is 6.39. The molecule has 0 unspecified atom stereocenters. The lowest BCUT2D eigenvalue weighted by Gasteiger charge is -2.16. The fourth-order valence-electron chi connectivity index (χ4n) is 1.65. The van der Waals surface area contributed by atoms with Gasteiger partial charge in [-0.2, -0.15) is 0 Å². The van der Waals surface area contributed by atoms with Gasteiger partial charge in [0.1, 0.15) is 0 Å². The number of Topliss-reactive ketones (excluding diaryl/α,β-unsaturated/α-hetero) is 2. The number of carbonyl (C=O) groups excluding carboxylic acids is 3. The molecule has 6 heteroatoms. The predicted octanol–water partition coefficient (Wildman–Crippen LogP) is 0.169. The number of alkyl halides is 1. The van der Waals surface area contributed by atoms with Crippen LogP contribution in [0.25, 0.3) is 0 Å². The van der Waals surface area contributed by atoms with Crippen molar-refractivity contribution < 1.29 is 18.8 Å². The Bertz CT molecular complexity index is 490. The van der Waals surface area contributed by atoms with E-state index in [1.807, 2.05) is 30.3 Å². The third-order valence-corrected chi connectivity index (χ3v) is 2.78. The quantitative estimate of drug-likeness (QED) is 0.697. The number of hydrogen-bond donors (Lipinski definition) is 2. The van der Waals surface area contributed by atoms with E-state index in [-0.39, 0.29) is 0 Å². The molecule has 1 aromatic carbocycles. The molecule has 1 amide bonds. The molecule has 0 spiro atoms. The molecule has 1 rings (SSSR count). The van der Waals surface area contributed by atoms with Gasteiger partial charge in [-0.1, -0.05) is 30.3 Å². The van der Waals surface area contributed by atoms with E-state index in [9.17, 15) is 18.8 Å². The lowest BCUT2D eigenvalue weighted by molar-refractivity contribution is -0.139. The molecule has 108 valence electrons. The van der Waals surface area contributed by atoms with Gasteiger partial charge in [0, 0.05) is 0 Å². The molecule has 0 fully saturated rings. The Morgan fingerprint density at radius 3 is 2.40 bits per heavy atom. The van der Waals surface area contributed by atoms with Crippen molar-refractivity contribution >= 4 is 17.5 Å². The highest BCUT2D eigenvalue weighted by atomic mass is 19.1. The van der Waals surface area contributed by atoms with E-state index in [0.29, 0.717) is 6.42 Å². The van der Waals surface area contributed by atoms with Crippen LogP contribution in [0.5, 0.6) is 0 Å². The lowest BCUT2D eigenvalue weighted by atomic mass is 10.1. The van der Waals surface area contributed by atoms with Crippen molar-refractivity contribution in [3.05, 3.63) is 35.9 Å². The Kier molecular flexibility index (Phi) is 5.99. The number of ketones is 2. The summed E-state index contributed by atoms with van der Waals surface area (Å²) in [5.74, 6) is -2.68. The van der Waals surface area contributed by atoms with E-state index < -0.39 is 36.2 Å². The first-order valence-corrected chi connectivity index (χ1v) is 6.18. The van der Waals surface area contributed by atoms with Crippen LogP contribution in [0.4, 0.5) is 4.39 Å². The summed E-state index contributed by atoms with van der Waals surface area (Å²) in [5.41, 5.74) is 6.61. The van der Waals surface area contributed by atoms with Gasteiger partial charge < -0.3 is 11.1 Å².